The summed E-state index contributed by atoms with van der Waals surface area (Å²) in [6.45, 7) is 1.92. The minimum absolute atomic E-state index is 0.418. The molecule has 0 radical (unpaired) electrons. The van der Waals surface area contributed by atoms with Crippen molar-refractivity contribution < 1.29 is 4.52 Å². The Morgan fingerprint density at radius 3 is 2.50 bits per heavy atom. The van der Waals surface area contributed by atoms with Crippen LogP contribution in [-0.2, 0) is 0 Å². The maximum absolute atomic E-state index is 5.24. The summed E-state index contributed by atoms with van der Waals surface area (Å²) >= 11 is 0. The highest BCUT2D eigenvalue weighted by Crippen LogP contribution is 2.23. The van der Waals surface area contributed by atoms with Crippen LogP contribution in [0.25, 0.3) is 23.0 Å². The van der Waals surface area contributed by atoms with Gasteiger partial charge < -0.3 is 9.42 Å². The van der Waals surface area contributed by atoms with E-state index in [1.807, 2.05) is 56.3 Å². The normalized spacial score (nSPS) is 10.8. The van der Waals surface area contributed by atoms with E-state index in [1.165, 1.54) is 0 Å². The van der Waals surface area contributed by atoms with Crippen molar-refractivity contribution in [1.29, 1.82) is 0 Å². The summed E-state index contributed by atoms with van der Waals surface area (Å²) in [5.74, 6) is 0.979. The molecule has 0 aliphatic heterocycles. The van der Waals surface area contributed by atoms with Crippen molar-refractivity contribution in [2.75, 3.05) is 19.0 Å². The van der Waals surface area contributed by atoms with Gasteiger partial charge in [0, 0.05) is 31.0 Å². The highest BCUT2D eigenvalue weighted by atomic mass is 16.5. The number of H-pyrrole nitrogens is 1. The summed E-state index contributed by atoms with van der Waals surface area (Å²) in [6, 6.07) is 9.85. The van der Waals surface area contributed by atoms with Crippen LogP contribution in [-0.4, -0.2) is 34.4 Å². The largest absolute Gasteiger partial charge is 0.378 e. The van der Waals surface area contributed by atoms with Crippen LogP contribution in [0.2, 0.25) is 0 Å². The Morgan fingerprint density at radius 1 is 1.15 bits per heavy atom. The Balaban J connectivity index is 1.90. The molecule has 3 aromatic rings. The average Bonchev–Trinajstić information content (AvgIpc) is 3.07. The van der Waals surface area contributed by atoms with Crippen LogP contribution < -0.4 is 4.90 Å². The second kappa shape index (κ2) is 4.80. The van der Waals surface area contributed by atoms with Gasteiger partial charge in [-0.25, -0.2) is 0 Å². The highest BCUT2D eigenvalue weighted by molar-refractivity contribution is 5.61. The Labute approximate surface area is 116 Å². The predicted octanol–water partition coefficient (Wildman–Crippen LogP) is 2.50. The molecule has 1 aromatic carbocycles. The third kappa shape index (κ3) is 2.27. The maximum atomic E-state index is 5.24. The summed E-state index contributed by atoms with van der Waals surface area (Å²) in [5, 5.41) is 10.9. The Kier molecular flexibility index (Phi) is 2.98. The van der Waals surface area contributed by atoms with Gasteiger partial charge in [-0.15, -0.1) is 0 Å². The summed E-state index contributed by atoms with van der Waals surface area (Å²) in [4.78, 5) is 6.40. The SMILES string of the molecule is Cc1cc(-c2nc(-c3ccc(N(C)C)cc3)no2)n[nH]1. The molecule has 2 aromatic heterocycles. The summed E-state index contributed by atoms with van der Waals surface area (Å²) in [5.41, 5.74) is 3.65. The number of aromatic nitrogens is 4. The number of nitrogens with one attached hydrogen (secondary N) is 1. The van der Waals surface area contributed by atoms with Crippen molar-refractivity contribution in [3.8, 4) is 23.0 Å². The second-order valence-corrected chi connectivity index (χ2v) is 4.80. The van der Waals surface area contributed by atoms with E-state index < -0.39 is 0 Å². The molecule has 2 heterocycles. The molecule has 3 rings (SSSR count). The lowest BCUT2D eigenvalue weighted by atomic mass is 10.2. The van der Waals surface area contributed by atoms with Gasteiger partial charge in [0.25, 0.3) is 5.89 Å². The molecular formula is C14H15N5O. The van der Waals surface area contributed by atoms with Crippen molar-refractivity contribution in [3.63, 3.8) is 0 Å². The highest BCUT2D eigenvalue weighted by Gasteiger charge is 2.12. The molecule has 1 N–H and O–H groups in total. The van der Waals surface area contributed by atoms with Crippen molar-refractivity contribution in [3.05, 3.63) is 36.0 Å². The van der Waals surface area contributed by atoms with E-state index in [0.29, 0.717) is 17.4 Å². The van der Waals surface area contributed by atoms with Crippen LogP contribution in [0.1, 0.15) is 5.69 Å². The zero-order chi connectivity index (χ0) is 14.1. The van der Waals surface area contributed by atoms with Gasteiger partial charge in [-0.1, -0.05) is 5.16 Å². The molecule has 0 saturated heterocycles. The lowest BCUT2D eigenvalue weighted by molar-refractivity contribution is 0.431. The van der Waals surface area contributed by atoms with E-state index in [0.717, 1.165) is 16.9 Å². The van der Waals surface area contributed by atoms with Crippen LogP contribution in [0.3, 0.4) is 0 Å². The molecule has 0 atom stereocenters. The average molecular weight is 269 g/mol. The van der Waals surface area contributed by atoms with Crippen LogP contribution in [0.15, 0.2) is 34.9 Å². The van der Waals surface area contributed by atoms with Gasteiger partial charge in [0.15, 0.2) is 5.69 Å². The van der Waals surface area contributed by atoms with Gasteiger partial charge in [0.2, 0.25) is 5.82 Å². The molecule has 0 bridgehead atoms. The molecule has 6 heteroatoms. The Bertz CT molecular complexity index is 711. The van der Waals surface area contributed by atoms with Crippen LogP contribution >= 0.6 is 0 Å². The van der Waals surface area contributed by atoms with E-state index in [-0.39, 0.29) is 0 Å². The summed E-state index contributed by atoms with van der Waals surface area (Å²) in [7, 11) is 4.00. The molecule has 102 valence electrons. The minimum Gasteiger partial charge on any atom is -0.378 e. The zero-order valence-electron chi connectivity index (χ0n) is 11.6. The van der Waals surface area contributed by atoms with E-state index >= 15 is 0 Å². The number of aromatic amines is 1. The first kappa shape index (κ1) is 12.4. The van der Waals surface area contributed by atoms with Crippen LogP contribution in [0.4, 0.5) is 5.69 Å². The van der Waals surface area contributed by atoms with Crippen molar-refractivity contribution >= 4 is 5.69 Å². The maximum Gasteiger partial charge on any atom is 0.278 e. The quantitative estimate of drug-likeness (QED) is 0.791. The first-order valence-corrected chi connectivity index (χ1v) is 6.27. The van der Waals surface area contributed by atoms with Crippen LogP contribution in [0, 0.1) is 6.92 Å². The second-order valence-electron chi connectivity index (χ2n) is 4.80. The first-order chi connectivity index (χ1) is 9.63. The van der Waals surface area contributed by atoms with Crippen LogP contribution in [0.5, 0.6) is 0 Å². The molecule has 0 saturated carbocycles. The number of anilines is 1. The molecule has 0 spiro atoms. The monoisotopic (exact) mass is 269 g/mol. The minimum atomic E-state index is 0.418. The van der Waals surface area contributed by atoms with E-state index in [2.05, 4.69) is 20.3 Å². The van der Waals surface area contributed by atoms with Crippen molar-refractivity contribution in [2.24, 2.45) is 0 Å². The zero-order valence-corrected chi connectivity index (χ0v) is 11.6. The molecule has 0 unspecified atom stereocenters. The number of hydrogen-bond acceptors (Lipinski definition) is 5. The lowest BCUT2D eigenvalue weighted by Gasteiger charge is -2.11. The molecule has 0 fully saturated rings. The van der Waals surface area contributed by atoms with Gasteiger partial charge in [-0.05, 0) is 37.3 Å². The number of aryl methyl sites for hydroxylation is 1. The number of benzene rings is 1. The van der Waals surface area contributed by atoms with E-state index in [9.17, 15) is 0 Å². The van der Waals surface area contributed by atoms with Gasteiger partial charge in [-0.2, -0.15) is 10.1 Å². The molecule has 20 heavy (non-hydrogen) atoms. The molecular weight excluding hydrogens is 254 g/mol. The molecule has 6 nitrogen and oxygen atoms in total. The number of nitrogens with zero attached hydrogens (tertiary/aromatic N) is 4. The Hall–Kier alpha value is -2.63. The molecule has 0 aliphatic carbocycles. The fourth-order valence-electron chi connectivity index (χ4n) is 1.88. The summed E-state index contributed by atoms with van der Waals surface area (Å²) in [6.07, 6.45) is 0. The fourth-order valence-corrected chi connectivity index (χ4v) is 1.88. The standard InChI is InChI=1S/C14H15N5O/c1-9-8-12(17-16-9)14-15-13(18-20-14)10-4-6-11(7-5-10)19(2)3/h4-8H,1-3H3,(H,16,17). The van der Waals surface area contributed by atoms with Crippen molar-refractivity contribution in [1.82, 2.24) is 20.3 Å². The smallest absolute Gasteiger partial charge is 0.278 e. The molecule has 0 amide bonds. The third-order valence-corrected chi connectivity index (χ3v) is 2.99. The van der Waals surface area contributed by atoms with Gasteiger partial charge in [0.1, 0.15) is 0 Å². The number of hydrogen-bond donors (Lipinski definition) is 1. The fraction of sp³-hybridized carbons (Fsp3) is 0.214. The first-order valence-electron chi connectivity index (χ1n) is 6.27. The predicted molar refractivity (Wildman–Crippen MR) is 76.4 cm³/mol. The van der Waals surface area contributed by atoms with Gasteiger partial charge >= 0.3 is 0 Å². The molecule has 0 aliphatic rings. The van der Waals surface area contributed by atoms with Crippen molar-refractivity contribution in [2.45, 2.75) is 6.92 Å². The Morgan fingerprint density at radius 2 is 1.90 bits per heavy atom. The third-order valence-electron chi connectivity index (χ3n) is 2.99. The number of rotatable bonds is 3. The van der Waals surface area contributed by atoms with Gasteiger partial charge in [0.05, 0.1) is 0 Å². The summed E-state index contributed by atoms with van der Waals surface area (Å²) < 4.78 is 5.24. The van der Waals surface area contributed by atoms with E-state index in [4.69, 9.17) is 4.52 Å². The topological polar surface area (TPSA) is 70.8 Å². The lowest BCUT2D eigenvalue weighted by Crippen LogP contribution is -2.07. The van der Waals surface area contributed by atoms with Gasteiger partial charge in [-0.3, -0.25) is 5.10 Å². The van der Waals surface area contributed by atoms with E-state index in [1.54, 1.807) is 0 Å².